The second kappa shape index (κ2) is 10.1. The number of aromatic nitrogens is 4. The summed E-state index contributed by atoms with van der Waals surface area (Å²) in [5.41, 5.74) is 6.64. The number of amides is 1. The molecule has 1 atom stereocenters. The predicted octanol–water partition coefficient (Wildman–Crippen LogP) is 0.832. The summed E-state index contributed by atoms with van der Waals surface area (Å²) in [4.78, 5) is 61.2. The standard InChI is InChI=1S/C19H18IN7O5/c20-13(28)6-5-12(18(31)32)25-16(29)9-1-3-10(4-2-9)22-7-11-8-23-15-14(24-11)17(30)27-19(21)26-15/h1-4,8,12,22H,5-7H2,(H,25,29)(H,31,32)(H3,21,23,26,27,30)/t12-/m0/s1. The van der Waals surface area contributed by atoms with Crippen molar-refractivity contribution in [1.29, 1.82) is 0 Å². The van der Waals surface area contributed by atoms with Crippen molar-refractivity contribution in [3.8, 4) is 0 Å². The van der Waals surface area contributed by atoms with E-state index in [2.05, 4.69) is 30.6 Å². The van der Waals surface area contributed by atoms with E-state index < -0.39 is 23.5 Å². The average molecular weight is 551 g/mol. The monoisotopic (exact) mass is 551 g/mol. The minimum atomic E-state index is -1.21. The Morgan fingerprint density at radius 1 is 1.19 bits per heavy atom. The number of H-pyrrole nitrogens is 1. The van der Waals surface area contributed by atoms with Gasteiger partial charge < -0.3 is 21.5 Å². The minimum absolute atomic E-state index is 0.0141. The van der Waals surface area contributed by atoms with E-state index in [1.165, 1.54) is 18.3 Å². The number of anilines is 2. The fraction of sp³-hybridized carbons (Fsp3) is 0.211. The lowest BCUT2D eigenvalue weighted by atomic mass is 10.1. The summed E-state index contributed by atoms with van der Waals surface area (Å²) in [5, 5.41) is 14.7. The molecule has 1 amide bonds. The lowest BCUT2D eigenvalue weighted by Crippen LogP contribution is -2.40. The number of carboxylic acid groups (broad SMARTS) is 1. The Morgan fingerprint density at radius 3 is 2.56 bits per heavy atom. The molecule has 3 rings (SSSR count). The number of benzene rings is 1. The van der Waals surface area contributed by atoms with Crippen LogP contribution in [0.5, 0.6) is 0 Å². The number of carbonyl (C=O) groups is 3. The van der Waals surface area contributed by atoms with Gasteiger partial charge in [-0.05, 0) is 53.3 Å². The van der Waals surface area contributed by atoms with Gasteiger partial charge in [-0.1, -0.05) is 0 Å². The first-order valence-electron chi connectivity index (χ1n) is 9.30. The van der Waals surface area contributed by atoms with Crippen LogP contribution in [0.3, 0.4) is 0 Å². The number of nitrogens with two attached hydrogens (primary N) is 1. The van der Waals surface area contributed by atoms with Gasteiger partial charge >= 0.3 is 5.97 Å². The second-order valence-corrected chi connectivity index (χ2v) is 7.88. The van der Waals surface area contributed by atoms with Crippen LogP contribution in [0.4, 0.5) is 11.6 Å². The SMILES string of the molecule is Nc1nc2ncc(CNc3ccc(C(=O)N[C@@H](CCC(=O)I)C(=O)O)cc3)nc2c(=O)[nH]1. The number of nitrogens with one attached hydrogen (secondary N) is 3. The van der Waals surface area contributed by atoms with Crippen molar-refractivity contribution in [2.45, 2.75) is 25.4 Å². The number of fused-ring (bicyclic) bond motifs is 1. The highest BCUT2D eigenvalue weighted by Gasteiger charge is 2.21. The predicted molar refractivity (Wildman–Crippen MR) is 123 cm³/mol. The summed E-state index contributed by atoms with van der Waals surface area (Å²) < 4.78 is -0.181. The van der Waals surface area contributed by atoms with Gasteiger partial charge in [-0.2, -0.15) is 4.98 Å². The van der Waals surface area contributed by atoms with Crippen molar-refractivity contribution in [1.82, 2.24) is 25.3 Å². The van der Waals surface area contributed by atoms with E-state index >= 15 is 0 Å². The van der Waals surface area contributed by atoms with E-state index in [1.807, 2.05) is 0 Å². The Bertz CT molecular complexity index is 1230. The zero-order valence-electron chi connectivity index (χ0n) is 16.5. The molecule has 1 aromatic carbocycles. The third-order valence-electron chi connectivity index (χ3n) is 4.34. The molecule has 2 heterocycles. The fourth-order valence-corrected chi connectivity index (χ4v) is 3.06. The van der Waals surface area contributed by atoms with E-state index in [0.717, 1.165) is 0 Å². The summed E-state index contributed by atoms with van der Waals surface area (Å²) in [6.07, 6.45) is 1.53. The van der Waals surface area contributed by atoms with Crippen molar-refractivity contribution in [2.24, 2.45) is 0 Å². The topological polar surface area (TPSA) is 193 Å². The van der Waals surface area contributed by atoms with Gasteiger partial charge in [0.25, 0.3) is 11.5 Å². The van der Waals surface area contributed by atoms with Gasteiger partial charge in [0.15, 0.2) is 15.0 Å². The molecule has 0 aliphatic rings. The van der Waals surface area contributed by atoms with Crippen LogP contribution in [-0.2, 0) is 16.1 Å². The molecule has 13 heteroatoms. The Labute approximate surface area is 194 Å². The Kier molecular flexibility index (Phi) is 7.29. The molecular formula is C19H18IN7O5. The van der Waals surface area contributed by atoms with Crippen LogP contribution in [0, 0.1) is 0 Å². The third-order valence-corrected chi connectivity index (χ3v) is 4.88. The molecule has 0 aliphatic carbocycles. The average Bonchev–Trinajstić information content (AvgIpc) is 2.75. The first-order chi connectivity index (χ1) is 15.2. The maximum absolute atomic E-state index is 12.3. The molecule has 0 aliphatic heterocycles. The van der Waals surface area contributed by atoms with Crippen LogP contribution >= 0.6 is 22.6 Å². The first-order valence-corrected chi connectivity index (χ1v) is 10.4. The highest BCUT2D eigenvalue weighted by Crippen LogP contribution is 2.12. The van der Waals surface area contributed by atoms with Gasteiger partial charge in [0.1, 0.15) is 6.04 Å². The maximum Gasteiger partial charge on any atom is 0.326 e. The van der Waals surface area contributed by atoms with Crippen LogP contribution in [0.25, 0.3) is 11.2 Å². The Hall–Kier alpha value is -3.62. The molecule has 32 heavy (non-hydrogen) atoms. The molecule has 0 bridgehead atoms. The van der Waals surface area contributed by atoms with Gasteiger partial charge in [-0.15, -0.1) is 0 Å². The summed E-state index contributed by atoms with van der Waals surface area (Å²) in [7, 11) is 0. The molecule has 0 saturated heterocycles. The van der Waals surface area contributed by atoms with Gasteiger partial charge in [0.05, 0.1) is 18.4 Å². The normalized spacial score (nSPS) is 11.7. The lowest BCUT2D eigenvalue weighted by Gasteiger charge is -2.14. The molecule has 0 saturated carbocycles. The maximum atomic E-state index is 12.3. The summed E-state index contributed by atoms with van der Waals surface area (Å²) >= 11 is 1.58. The van der Waals surface area contributed by atoms with Gasteiger partial charge in [0.2, 0.25) is 5.95 Å². The van der Waals surface area contributed by atoms with E-state index in [0.29, 0.717) is 11.4 Å². The summed E-state index contributed by atoms with van der Waals surface area (Å²) in [5.74, 6) is -1.81. The second-order valence-electron chi connectivity index (χ2n) is 6.67. The number of nitrogen functional groups attached to an aromatic ring is 1. The molecular weight excluding hydrogens is 533 g/mol. The molecule has 2 aromatic heterocycles. The van der Waals surface area contributed by atoms with Crippen LogP contribution in [0.1, 0.15) is 28.9 Å². The zero-order valence-corrected chi connectivity index (χ0v) is 18.6. The molecule has 0 radical (unpaired) electrons. The third kappa shape index (κ3) is 5.96. The number of hydrogen-bond donors (Lipinski definition) is 5. The van der Waals surface area contributed by atoms with Crippen molar-refractivity contribution in [2.75, 3.05) is 11.1 Å². The van der Waals surface area contributed by atoms with Crippen molar-refractivity contribution in [3.63, 3.8) is 0 Å². The molecule has 0 unspecified atom stereocenters. The van der Waals surface area contributed by atoms with Crippen LogP contribution in [0.2, 0.25) is 0 Å². The molecule has 12 nitrogen and oxygen atoms in total. The van der Waals surface area contributed by atoms with Crippen molar-refractivity contribution < 1.29 is 19.5 Å². The van der Waals surface area contributed by atoms with Gasteiger partial charge in [0, 0.05) is 17.7 Å². The van der Waals surface area contributed by atoms with Crippen LogP contribution < -0.4 is 21.9 Å². The largest absolute Gasteiger partial charge is 0.480 e. The minimum Gasteiger partial charge on any atom is -0.480 e. The fourth-order valence-electron chi connectivity index (χ4n) is 2.74. The number of carboxylic acids is 1. The number of carbonyl (C=O) groups excluding carboxylic acids is 2. The number of aromatic amines is 1. The summed E-state index contributed by atoms with van der Waals surface area (Å²) in [6, 6.07) is 5.19. The van der Waals surface area contributed by atoms with Crippen LogP contribution in [-0.4, -0.2) is 46.8 Å². The van der Waals surface area contributed by atoms with Crippen LogP contribution in [0.15, 0.2) is 35.3 Å². The zero-order chi connectivity index (χ0) is 23.3. The first kappa shape index (κ1) is 23.1. The highest BCUT2D eigenvalue weighted by molar-refractivity contribution is 14.1. The Morgan fingerprint density at radius 2 is 1.91 bits per heavy atom. The number of halogens is 1. The van der Waals surface area contributed by atoms with E-state index in [9.17, 15) is 24.3 Å². The lowest BCUT2D eigenvalue weighted by molar-refractivity contribution is -0.139. The quantitative estimate of drug-likeness (QED) is 0.188. The van der Waals surface area contributed by atoms with E-state index in [-0.39, 0.29) is 45.9 Å². The van der Waals surface area contributed by atoms with Crippen molar-refractivity contribution in [3.05, 3.63) is 52.1 Å². The molecule has 166 valence electrons. The van der Waals surface area contributed by atoms with E-state index in [4.69, 9.17) is 5.73 Å². The highest BCUT2D eigenvalue weighted by atomic mass is 127. The van der Waals surface area contributed by atoms with E-state index in [1.54, 1.807) is 34.7 Å². The van der Waals surface area contributed by atoms with Gasteiger partial charge in [-0.3, -0.25) is 19.4 Å². The number of aliphatic carboxylic acids is 1. The molecule has 3 aromatic rings. The smallest absolute Gasteiger partial charge is 0.326 e. The molecule has 6 N–H and O–H groups in total. The number of hydrogen-bond acceptors (Lipinski definition) is 9. The number of nitrogens with zero attached hydrogens (tertiary/aromatic N) is 3. The Balaban J connectivity index is 1.62. The molecule has 0 spiro atoms. The van der Waals surface area contributed by atoms with Crippen molar-refractivity contribution >= 4 is 61.1 Å². The molecule has 0 fully saturated rings. The summed E-state index contributed by atoms with van der Waals surface area (Å²) in [6.45, 7) is 0.254. The van der Waals surface area contributed by atoms with Gasteiger partial charge in [-0.25, -0.2) is 14.8 Å². The number of rotatable bonds is 9.